The fraction of sp³-hybridized carbons (Fsp3) is 0.324. The number of ketones is 1. The van der Waals surface area contributed by atoms with E-state index < -0.39 is 6.04 Å². The van der Waals surface area contributed by atoms with Gasteiger partial charge in [0.05, 0.1) is 23.6 Å². The van der Waals surface area contributed by atoms with Gasteiger partial charge in [-0.25, -0.2) is 4.99 Å². The van der Waals surface area contributed by atoms with Gasteiger partial charge in [-0.1, -0.05) is 50.2 Å². The average Bonchev–Trinajstić information content (AvgIpc) is 3.17. The third-order valence-electron chi connectivity index (χ3n) is 7.23. The van der Waals surface area contributed by atoms with E-state index in [1.54, 1.807) is 36.7 Å². The number of amidine groups is 1. The topological polar surface area (TPSA) is 144 Å². The quantitative estimate of drug-likeness (QED) is 0.264. The Bertz CT molecular complexity index is 1510. The number of benzene rings is 2. The number of aliphatic imine (C=N–C) groups is 1. The fourth-order valence-electron chi connectivity index (χ4n) is 5.06. The van der Waals surface area contributed by atoms with Gasteiger partial charge in [-0.2, -0.15) is 0 Å². The van der Waals surface area contributed by atoms with E-state index in [9.17, 15) is 14.4 Å². The molecule has 1 atom stereocenters. The molecule has 0 aliphatic carbocycles. The van der Waals surface area contributed by atoms with Gasteiger partial charge >= 0.3 is 0 Å². The summed E-state index contributed by atoms with van der Waals surface area (Å²) < 4.78 is 0. The molecular formula is C34H40N6O3. The molecule has 9 nitrogen and oxygen atoms in total. The first-order valence-corrected chi connectivity index (χ1v) is 14.8. The van der Waals surface area contributed by atoms with Gasteiger partial charge in [0.15, 0.2) is 0 Å². The van der Waals surface area contributed by atoms with Crippen LogP contribution < -0.4 is 16.8 Å². The molecule has 3 aromatic rings. The zero-order chi connectivity index (χ0) is 30.8. The van der Waals surface area contributed by atoms with Crippen LogP contribution in [0.3, 0.4) is 0 Å². The van der Waals surface area contributed by atoms with Crippen LogP contribution in [0.2, 0.25) is 0 Å². The molecular weight excluding hydrogens is 540 g/mol. The number of hydrogen-bond donors (Lipinski definition) is 3. The highest BCUT2D eigenvalue weighted by atomic mass is 16.2. The van der Waals surface area contributed by atoms with Crippen molar-refractivity contribution in [3.05, 3.63) is 94.8 Å². The standard InChI is InChI=1S/C34H40N6O3/c1-3-14-40(15-4-2)34(43)27-18-25-11-12-26(19-30(25)39-32(36)20-27)33(42)38-28-16-24(21-37-22-28)10-13-31(41)29(35)17-23-8-6-5-7-9-23/h5-9,11-12,16,18-19,21-22,29H,3-4,10,13-15,17,20,35H2,1-2H3,(H2,36,39)(H,38,42)/t29-/m1/s1. The molecule has 1 aliphatic rings. The molecule has 2 amide bonds. The second kappa shape index (κ2) is 15.0. The summed E-state index contributed by atoms with van der Waals surface area (Å²) in [6.07, 6.45) is 8.29. The van der Waals surface area contributed by atoms with Gasteiger partial charge < -0.3 is 21.7 Å². The number of nitrogens with zero attached hydrogens (tertiary/aromatic N) is 3. The lowest BCUT2D eigenvalue weighted by Gasteiger charge is -2.22. The second-order valence-corrected chi connectivity index (χ2v) is 10.8. The number of hydrogen-bond acceptors (Lipinski definition) is 7. The second-order valence-electron chi connectivity index (χ2n) is 10.8. The van der Waals surface area contributed by atoms with E-state index in [1.807, 2.05) is 55.2 Å². The summed E-state index contributed by atoms with van der Waals surface area (Å²) in [6.45, 7) is 5.46. The van der Waals surface area contributed by atoms with Crippen molar-refractivity contribution < 1.29 is 14.4 Å². The largest absolute Gasteiger partial charge is 0.387 e. The molecule has 4 rings (SSSR count). The lowest BCUT2D eigenvalue weighted by atomic mass is 9.99. The highest BCUT2D eigenvalue weighted by molar-refractivity contribution is 6.07. The third-order valence-corrected chi connectivity index (χ3v) is 7.23. The summed E-state index contributed by atoms with van der Waals surface area (Å²) in [7, 11) is 0. The molecule has 2 heterocycles. The molecule has 1 aliphatic heterocycles. The molecule has 1 aromatic heterocycles. The molecule has 9 heteroatoms. The Labute approximate surface area is 253 Å². The van der Waals surface area contributed by atoms with Crippen molar-refractivity contribution in [3.8, 4) is 0 Å². The van der Waals surface area contributed by atoms with Gasteiger partial charge in [-0.05, 0) is 61.1 Å². The highest BCUT2D eigenvalue weighted by Crippen LogP contribution is 2.29. The summed E-state index contributed by atoms with van der Waals surface area (Å²) in [4.78, 5) is 49.6. The van der Waals surface area contributed by atoms with Gasteiger partial charge in [0.25, 0.3) is 5.91 Å². The molecule has 0 spiro atoms. The number of rotatable bonds is 13. The predicted octanol–water partition coefficient (Wildman–Crippen LogP) is 4.83. The Kier molecular flexibility index (Phi) is 10.9. The Morgan fingerprint density at radius 2 is 1.72 bits per heavy atom. The van der Waals surface area contributed by atoms with Crippen molar-refractivity contribution in [1.82, 2.24) is 9.88 Å². The number of amides is 2. The molecule has 0 fully saturated rings. The number of pyridine rings is 1. The molecule has 2 aromatic carbocycles. The zero-order valence-corrected chi connectivity index (χ0v) is 24.9. The Hall–Kier alpha value is -4.63. The van der Waals surface area contributed by atoms with Crippen LogP contribution in [-0.2, 0) is 22.4 Å². The van der Waals surface area contributed by atoms with Gasteiger partial charge in [-0.3, -0.25) is 19.4 Å². The number of carbonyl (C=O) groups is 3. The number of Topliss-reactive ketones (excluding diaryl/α,β-unsaturated/α-hetero) is 1. The summed E-state index contributed by atoms with van der Waals surface area (Å²) in [5.74, 6) is -0.0777. The average molecular weight is 581 g/mol. The van der Waals surface area contributed by atoms with E-state index in [0.717, 1.165) is 29.5 Å². The lowest BCUT2D eigenvalue weighted by Crippen LogP contribution is -2.34. The Morgan fingerprint density at radius 3 is 2.44 bits per heavy atom. The monoisotopic (exact) mass is 580 g/mol. The first-order chi connectivity index (χ1) is 20.8. The molecule has 0 unspecified atom stereocenters. The van der Waals surface area contributed by atoms with Gasteiger partial charge in [0.2, 0.25) is 5.91 Å². The van der Waals surface area contributed by atoms with Crippen LogP contribution in [0.1, 0.15) is 66.6 Å². The van der Waals surface area contributed by atoms with Crippen molar-refractivity contribution in [1.29, 1.82) is 0 Å². The SMILES string of the molecule is CCCN(CCC)C(=O)C1=Cc2ccc(C(=O)Nc3cncc(CCC(=O)[C@H](N)Cc4ccccc4)c3)cc2N=C(N)C1. The number of aryl methyl sites for hydroxylation is 1. The molecule has 224 valence electrons. The number of carbonyl (C=O) groups excluding carboxylic acids is 3. The van der Waals surface area contributed by atoms with E-state index in [2.05, 4.69) is 15.3 Å². The molecule has 0 saturated carbocycles. The predicted molar refractivity (Wildman–Crippen MR) is 171 cm³/mol. The van der Waals surface area contributed by atoms with Crippen molar-refractivity contribution in [3.63, 3.8) is 0 Å². The van der Waals surface area contributed by atoms with E-state index in [4.69, 9.17) is 11.5 Å². The van der Waals surface area contributed by atoms with Gasteiger partial charge in [-0.15, -0.1) is 0 Å². The summed E-state index contributed by atoms with van der Waals surface area (Å²) in [5.41, 5.74) is 16.9. The number of nitrogens with one attached hydrogen (secondary N) is 1. The van der Waals surface area contributed by atoms with E-state index in [-0.39, 0.29) is 30.4 Å². The first-order valence-electron chi connectivity index (χ1n) is 14.8. The Balaban J connectivity index is 1.41. The van der Waals surface area contributed by atoms with E-state index >= 15 is 0 Å². The number of fused-ring (bicyclic) bond motifs is 1. The van der Waals surface area contributed by atoms with E-state index in [1.165, 1.54) is 0 Å². The van der Waals surface area contributed by atoms with Crippen molar-refractivity contribution in [2.45, 2.75) is 58.4 Å². The summed E-state index contributed by atoms with van der Waals surface area (Å²) in [5, 5.41) is 2.88. The number of anilines is 1. The van der Waals surface area contributed by atoms with Crippen LogP contribution in [0.4, 0.5) is 11.4 Å². The minimum atomic E-state index is -0.571. The van der Waals surface area contributed by atoms with Crippen LogP contribution >= 0.6 is 0 Å². The minimum absolute atomic E-state index is 0.0227. The van der Waals surface area contributed by atoms with Crippen molar-refractivity contribution in [2.24, 2.45) is 16.5 Å². The normalized spacial score (nSPS) is 13.2. The third kappa shape index (κ3) is 8.68. The summed E-state index contributed by atoms with van der Waals surface area (Å²) >= 11 is 0. The highest BCUT2D eigenvalue weighted by Gasteiger charge is 2.21. The smallest absolute Gasteiger partial charge is 0.255 e. The maximum atomic E-state index is 13.2. The minimum Gasteiger partial charge on any atom is -0.387 e. The molecule has 0 bridgehead atoms. The first kappa shape index (κ1) is 31.3. The number of aromatic nitrogens is 1. The maximum absolute atomic E-state index is 13.2. The van der Waals surface area contributed by atoms with Crippen LogP contribution in [-0.4, -0.2) is 52.4 Å². The van der Waals surface area contributed by atoms with Gasteiger partial charge in [0.1, 0.15) is 11.6 Å². The van der Waals surface area contributed by atoms with Crippen LogP contribution in [0.25, 0.3) is 6.08 Å². The molecule has 43 heavy (non-hydrogen) atoms. The van der Waals surface area contributed by atoms with Crippen LogP contribution in [0.5, 0.6) is 0 Å². The lowest BCUT2D eigenvalue weighted by molar-refractivity contribution is -0.127. The van der Waals surface area contributed by atoms with Crippen LogP contribution in [0.15, 0.2) is 77.6 Å². The fourth-order valence-corrected chi connectivity index (χ4v) is 5.06. The van der Waals surface area contributed by atoms with Crippen LogP contribution in [0, 0.1) is 0 Å². The zero-order valence-electron chi connectivity index (χ0n) is 24.9. The number of nitrogens with two attached hydrogens (primary N) is 2. The molecule has 0 radical (unpaired) electrons. The Morgan fingerprint density at radius 1 is 0.977 bits per heavy atom. The summed E-state index contributed by atoms with van der Waals surface area (Å²) in [6, 6.07) is 16.1. The van der Waals surface area contributed by atoms with E-state index in [0.29, 0.717) is 54.3 Å². The molecule has 5 N–H and O–H groups in total. The van der Waals surface area contributed by atoms with Crippen molar-refractivity contribution in [2.75, 3.05) is 18.4 Å². The van der Waals surface area contributed by atoms with Crippen molar-refractivity contribution >= 4 is 40.9 Å². The maximum Gasteiger partial charge on any atom is 0.255 e. The van der Waals surface area contributed by atoms with Gasteiger partial charge in [0, 0.05) is 48.8 Å². The molecule has 0 saturated heterocycles.